The molecule has 0 amide bonds. The number of H-pyrrole nitrogens is 1. The summed E-state index contributed by atoms with van der Waals surface area (Å²) in [4.78, 5) is 1.58. The van der Waals surface area contributed by atoms with Crippen LogP contribution in [0.2, 0.25) is 0 Å². The van der Waals surface area contributed by atoms with Crippen LogP contribution in [0.15, 0.2) is 24.4 Å². The van der Waals surface area contributed by atoms with E-state index in [1.807, 2.05) is 24.7 Å². The highest BCUT2D eigenvalue weighted by molar-refractivity contribution is 7.71. The Hall–Kier alpha value is -2.28. The molecule has 6 nitrogen and oxygen atoms in total. The maximum Gasteiger partial charge on any atom is 0.209 e. The number of tetrazole rings is 1. The lowest BCUT2D eigenvalue weighted by Crippen LogP contribution is -2.04. The first-order valence-electron chi connectivity index (χ1n) is 7.14. The quantitative estimate of drug-likeness (QED) is 0.753. The van der Waals surface area contributed by atoms with Crippen LogP contribution in [0, 0.1) is 18.5 Å². The van der Waals surface area contributed by atoms with Gasteiger partial charge in [0.05, 0.1) is 17.3 Å². The van der Waals surface area contributed by atoms with Gasteiger partial charge in [-0.15, -0.1) is 10.2 Å². The molecule has 0 aliphatic rings. The molecule has 2 heterocycles. The molecule has 0 saturated heterocycles. The number of hydrogen-bond acceptors (Lipinski definition) is 4. The summed E-state index contributed by atoms with van der Waals surface area (Å²) in [6, 6.07) is 6.47. The Morgan fingerprint density at radius 2 is 1.82 bits per heavy atom. The molecule has 114 valence electrons. The molecule has 0 aliphatic carbocycles. The van der Waals surface area contributed by atoms with Gasteiger partial charge >= 0.3 is 0 Å². The minimum Gasteiger partial charge on any atom is -0.299 e. The summed E-state index contributed by atoms with van der Waals surface area (Å²) in [5.41, 5.74) is 4.17. The normalized spacial score (nSPS) is 11.3. The molecule has 0 unspecified atom stereocenters. The van der Waals surface area contributed by atoms with Crippen LogP contribution in [0.5, 0.6) is 0 Å². The van der Waals surface area contributed by atoms with E-state index in [4.69, 9.17) is 12.2 Å². The first-order valence-corrected chi connectivity index (χ1v) is 7.55. The standard InChI is InChI=1S/C15H18N6S/c1-9(2)21-18-14(17-19-21)13-8-16-20(15(13)22)12-6-10(3)5-11(4)7-12/h5-9,16H,1-4H3. The third kappa shape index (κ3) is 2.59. The fraction of sp³-hybridized carbons (Fsp3) is 0.333. The van der Waals surface area contributed by atoms with Crippen molar-refractivity contribution in [1.29, 1.82) is 0 Å². The smallest absolute Gasteiger partial charge is 0.209 e. The molecule has 0 radical (unpaired) electrons. The number of benzene rings is 1. The molecule has 7 heteroatoms. The van der Waals surface area contributed by atoms with Gasteiger partial charge in [-0.2, -0.15) is 4.80 Å². The Labute approximate surface area is 133 Å². The van der Waals surface area contributed by atoms with E-state index in [1.54, 1.807) is 4.80 Å². The summed E-state index contributed by atoms with van der Waals surface area (Å²) in [5, 5.41) is 15.7. The third-order valence-electron chi connectivity index (χ3n) is 3.37. The fourth-order valence-corrected chi connectivity index (χ4v) is 2.66. The minimum atomic E-state index is 0.167. The van der Waals surface area contributed by atoms with Crippen LogP contribution in [0.25, 0.3) is 17.1 Å². The monoisotopic (exact) mass is 314 g/mol. The molecule has 0 bridgehead atoms. The van der Waals surface area contributed by atoms with Gasteiger partial charge in [0.2, 0.25) is 5.82 Å². The second-order valence-corrected chi connectivity index (χ2v) is 6.09. The van der Waals surface area contributed by atoms with E-state index in [-0.39, 0.29) is 6.04 Å². The van der Waals surface area contributed by atoms with Crippen molar-refractivity contribution in [2.45, 2.75) is 33.7 Å². The molecule has 3 rings (SSSR count). The molecule has 0 spiro atoms. The zero-order chi connectivity index (χ0) is 15.9. The lowest BCUT2D eigenvalue weighted by atomic mass is 10.1. The number of rotatable bonds is 3. The van der Waals surface area contributed by atoms with E-state index in [2.05, 4.69) is 52.6 Å². The van der Waals surface area contributed by atoms with Crippen molar-refractivity contribution < 1.29 is 0 Å². The van der Waals surface area contributed by atoms with Gasteiger partial charge in [-0.05, 0) is 56.2 Å². The van der Waals surface area contributed by atoms with Gasteiger partial charge in [0.25, 0.3) is 0 Å². The highest BCUT2D eigenvalue weighted by Gasteiger charge is 2.13. The second kappa shape index (κ2) is 5.49. The highest BCUT2D eigenvalue weighted by atomic mass is 32.1. The number of nitrogens with one attached hydrogen (secondary N) is 1. The van der Waals surface area contributed by atoms with Crippen molar-refractivity contribution in [3.8, 4) is 17.1 Å². The highest BCUT2D eigenvalue weighted by Crippen LogP contribution is 2.20. The first kappa shape index (κ1) is 14.6. The van der Waals surface area contributed by atoms with Crippen LogP contribution in [0.3, 0.4) is 0 Å². The SMILES string of the molecule is Cc1cc(C)cc(-n2[nH]cc(-c3nnn(C(C)C)n3)c2=S)c1. The number of hydrogen-bond donors (Lipinski definition) is 1. The van der Waals surface area contributed by atoms with Crippen LogP contribution in [-0.4, -0.2) is 30.0 Å². The third-order valence-corrected chi connectivity index (χ3v) is 3.77. The van der Waals surface area contributed by atoms with Gasteiger partial charge in [-0.1, -0.05) is 18.3 Å². The average molecular weight is 314 g/mol. The number of aryl methyl sites for hydroxylation is 2. The molecule has 1 aromatic carbocycles. The van der Waals surface area contributed by atoms with E-state index in [9.17, 15) is 0 Å². The molecular weight excluding hydrogens is 296 g/mol. The van der Waals surface area contributed by atoms with Crippen LogP contribution in [-0.2, 0) is 0 Å². The Kier molecular flexibility index (Phi) is 3.66. The summed E-state index contributed by atoms with van der Waals surface area (Å²) >= 11 is 5.57. The zero-order valence-electron chi connectivity index (χ0n) is 13.0. The van der Waals surface area contributed by atoms with E-state index < -0.39 is 0 Å². The molecule has 2 aromatic heterocycles. The van der Waals surface area contributed by atoms with Crippen LogP contribution in [0.1, 0.15) is 31.0 Å². The summed E-state index contributed by atoms with van der Waals surface area (Å²) in [5.74, 6) is 0.540. The predicted octanol–water partition coefficient (Wildman–Crippen LogP) is 3.39. The topological polar surface area (TPSA) is 64.3 Å². The molecule has 3 aromatic rings. The fourth-order valence-electron chi connectivity index (χ4n) is 2.35. The maximum absolute atomic E-state index is 5.57. The predicted molar refractivity (Wildman–Crippen MR) is 87.6 cm³/mol. The molecule has 22 heavy (non-hydrogen) atoms. The van der Waals surface area contributed by atoms with Crippen LogP contribution in [0.4, 0.5) is 0 Å². The Bertz CT molecular complexity index is 850. The van der Waals surface area contributed by atoms with E-state index >= 15 is 0 Å². The largest absolute Gasteiger partial charge is 0.299 e. The first-order chi connectivity index (χ1) is 10.5. The van der Waals surface area contributed by atoms with Crippen molar-refractivity contribution in [2.24, 2.45) is 0 Å². The maximum atomic E-state index is 5.57. The molecule has 0 saturated carbocycles. The van der Waals surface area contributed by atoms with E-state index in [0.717, 1.165) is 11.3 Å². The molecule has 1 N–H and O–H groups in total. The lowest BCUT2D eigenvalue weighted by molar-refractivity contribution is 0.455. The molecular formula is C15H18N6S. The summed E-state index contributed by atoms with van der Waals surface area (Å²) in [7, 11) is 0. The Morgan fingerprint density at radius 1 is 1.14 bits per heavy atom. The Balaban J connectivity index is 2.06. The number of nitrogens with zero attached hydrogens (tertiary/aromatic N) is 5. The lowest BCUT2D eigenvalue weighted by Gasteiger charge is -2.05. The van der Waals surface area contributed by atoms with E-state index in [0.29, 0.717) is 10.5 Å². The molecule has 0 aliphatic heterocycles. The van der Waals surface area contributed by atoms with Crippen molar-refractivity contribution in [2.75, 3.05) is 0 Å². The van der Waals surface area contributed by atoms with Gasteiger partial charge in [0.15, 0.2) is 0 Å². The summed E-state index contributed by atoms with van der Waals surface area (Å²) < 4.78 is 2.51. The van der Waals surface area contributed by atoms with Crippen molar-refractivity contribution in [3.05, 3.63) is 40.2 Å². The van der Waals surface area contributed by atoms with Crippen LogP contribution < -0.4 is 0 Å². The van der Waals surface area contributed by atoms with Gasteiger partial charge in [-0.25, -0.2) is 4.68 Å². The van der Waals surface area contributed by atoms with Crippen molar-refractivity contribution in [1.82, 2.24) is 30.0 Å². The zero-order valence-corrected chi connectivity index (χ0v) is 13.8. The van der Waals surface area contributed by atoms with Crippen molar-refractivity contribution >= 4 is 12.2 Å². The van der Waals surface area contributed by atoms with E-state index in [1.165, 1.54) is 11.1 Å². The second-order valence-electron chi connectivity index (χ2n) is 5.70. The molecule has 0 atom stereocenters. The summed E-state index contributed by atoms with van der Waals surface area (Å²) in [6.45, 7) is 8.15. The number of aromatic amines is 1. The van der Waals surface area contributed by atoms with Gasteiger partial charge < -0.3 is 0 Å². The van der Waals surface area contributed by atoms with Crippen LogP contribution >= 0.6 is 12.2 Å². The number of aromatic nitrogens is 6. The summed E-state index contributed by atoms with van der Waals surface area (Å²) in [6.07, 6.45) is 1.82. The minimum absolute atomic E-state index is 0.167. The van der Waals surface area contributed by atoms with Gasteiger partial charge in [0.1, 0.15) is 4.64 Å². The Morgan fingerprint density at radius 3 is 2.41 bits per heavy atom. The average Bonchev–Trinajstić information content (AvgIpc) is 3.03. The van der Waals surface area contributed by atoms with Crippen molar-refractivity contribution in [3.63, 3.8) is 0 Å². The van der Waals surface area contributed by atoms with Gasteiger partial charge in [-0.3, -0.25) is 5.10 Å². The van der Waals surface area contributed by atoms with Gasteiger partial charge in [0, 0.05) is 6.20 Å². The molecule has 0 fully saturated rings.